The van der Waals surface area contributed by atoms with Gasteiger partial charge in [0.25, 0.3) is 5.91 Å². The standard InChI is InChI=1S/C14H12N2O3/c1-9-6-11(4-5-15-9)19-10-2-3-13-12(7-10)16-14(17)8-18-13/h2-7H,8H2,1H3,(H,16,17). The quantitative estimate of drug-likeness (QED) is 0.896. The molecule has 5 heteroatoms. The molecule has 1 N–H and O–H groups in total. The minimum Gasteiger partial charge on any atom is -0.482 e. The highest BCUT2D eigenvalue weighted by atomic mass is 16.5. The van der Waals surface area contributed by atoms with Crippen LogP contribution in [-0.4, -0.2) is 17.5 Å². The summed E-state index contributed by atoms with van der Waals surface area (Å²) < 4.78 is 11.0. The number of nitrogens with zero attached hydrogens (tertiary/aromatic N) is 1. The lowest BCUT2D eigenvalue weighted by Gasteiger charge is -2.18. The molecule has 1 aliphatic heterocycles. The second-order valence-electron chi connectivity index (χ2n) is 4.23. The number of nitrogens with one attached hydrogen (secondary N) is 1. The van der Waals surface area contributed by atoms with Gasteiger partial charge in [0, 0.05) is 24.0 Å². The molecule has 2 aromatic rings. The molecule has 3 rings (SSSR count). The number of carbonyl (C=O) groups excluding carboxylic acids is 1. The third-order valence-corrected chi connectivity index (χ3v) is 2.69. The molecule has 5 nitrogen and oxygen atoms in total. The summed E-state index contributed by atoms with van der Waals surface area (Å²) in [7, 11) is 0. The maximum Gasteiger partial charge on any atom is 0.262 e. The lowest BCUT2D eigenvalue weighted by atomic mass is 10.2. The fourth-order valence-electron chi connectivity index (χ4n) is 1.84. The maximum atomic E-state index is 11.3. The average Bonchev–Trinajstić information content (AvgIpc) is 2.38. The first-order valence-corrected chi connectivity index (χ1v) is 5.88. The molecule has 1 aromatic carbocycles. The Labute approximate surface area is 110 Å². The van der Waals surface area contributed by atoms with E-state index in [-0.39, 0.29) is 12.5 Å². The average molecular weight is 256 g/mol. The topological polar surface area (TPSA) is 60.5 Å². The largest absolute Gasteiger partial charge is 0.482 e. The summed E-state index contributed by atoms with van der Waals surface area (Å²) in [6.45, 7) is 1.95. The Morgan fingerprint density at radius 1 is 1.26 bits per heavy atom. The predicted molar refractivity (Wildman–Crippen MR) is 69.6 cm³/mol. The Morgan fingerprint density at radius 2 is 2.11 bits per heavy atom. The van der Waals surface area contributed by atoms with Crippen molar-refractivity contribution in [1.29, 1.82) is 0 Å². The Bertz CT molecular complexity index is 640. The van der Waals surface area contributed by atoms with Crippen LogP contribution < -0.4 is 14.8 Å². The molecule has 0 unspecified atom stereocenters. The summed E-state index contributed by atoms with van der Waals surface area (Å²) in [5.74, 6) is 1.83. The summed E-state index contributed by atoms with van der Waals surface area (Å²) in [6, 6.07) is 8.93. The van der Waals surface area contributed by atoms with E-state index < -0.39 is 0 Å². The normalized spacial score (nSPS) is 13.2. The van der Waals surface area contributed by atoms with Gasteiger partial charge in [0.1, 0.15) is 17.2 Å². The molecular formula is C14H12N2O3. The van der Waals surface area contributed by atoms with Crippen LogP contribution in [-0.2, 0) is 4.79 Å². The zero-order valence-corrected chi connectivity index (χ0v) is 10.3. The molecule has 0 spiro atoms. The van der Waals surface area contributed by atoms with Gasteiger partial charge in [-0.2, -0.15) is 0 Å². The van der Waals surface area contributed by atoms with E-state index in [4.69, 9.17) is 9.47 Å². The van der Waals surface area contributed by atoms with Gasteiger partial charge < -0.3 is 14.8 Å². The summed E-state index contributed by atoms with van der Waals surface area (Å²) in [4.78, 5) is 15.4. The van der Waals surface area contributed by atoms with Gasteiger partial charge >= 0.3 is 0 Å². The van der Waals surface area contributed by atoms with Crippen molar-refractivity contribution in [1.82, 2.24) is 4.98 Å². The molecule has 0 radical (unpaired) electrons. The Kier molecular flexibility index (Phi) is 2.79. The first kappa shape index (κ1) is 11.5. The van der Waals surface area contributed by atoms with E-state index >= 15 is 0 Å². The fourth-order valence-corrected chi connectivity index (χ4v) is 1.84. The number of hydrogen-bond acceptors (Lipinski definition) is 4. The van der Waals surface area contributed by atoms with Crippen molar-refractivity contribution in [3.63, 3.8) is 0 Å². The fraction of sp³-hybridized carbons (Fsp3) is 0.143. The SMILES string of the molecule is Cc1cc(Oc2ccc3c(c2)NC(=O)CO3)ccn1. The summed E-state index contributed by atoms with van der Waals surface area (Å²) in [5, 5.41) is 2.74. The molecule has 96 valence electrons. The van der Waals surface area contributed by atoms with E-state index in [1.807, 2.05) is 13.0 Å². The third kappa shape index (κ3) is 2.49. The van der Waals surface area contributed by atoms with Crippen LogP contribution in [0, 0.1) is 6.92 Å². The molecular weight excluding hydrogens is 244 g/mol. The van der Waals surface area contributed by atoms with Gasteiger partial charge in [0.15, 0.2) is 6.61 Å². The van der Waals surface area contributed by atoms with Gasteiger partial charge in [0.05, 0.1) is 5.69 Å². The number of ether oxygens (including phenoxy) is 2. The molecule has 2 heterocycles. The van der Waals surface area contributed by atoms with Crippen LogP contribution in [0.5, 0.6) is 17.2 Å². The minimum atomic E-state index is -0.163. The molecule has 0 bridgehead atoms. The summed E-state index contributed by atoms with van der Waals surface area (Å²) in [6.07, 6.45) is 1.69. The number of hydrogen-bond donors (Lipinski definition) is 1. The monoisotopic (exact) mass is 256 g/mol. The van der Waals surface area contributed by atoms with E-state index in [1.165, 1.54) is 0 Å². The zero-order chi connectivity index (χ0) is 13.2. The van der Waals surface area contributed by atoms with Gasteiger partial charge in [0.2, 0.25) is 0 Å². The molecule has 0 fully saturated rings. The number of aryl methyl sites for hydroxylation is 1. The van der Waals surface area contributed by atoms with Gasteiger partial charge in [-0.15, -0.1) is 0 Å². The van der Waals surface area contributed by atoms with E-state index in [0.717, 1.165) is 5.69 Å². The van der Waals surface area contributed by atoms with Crippen LogP contribution in [0.3, 0.4) is 0 Å². The second-order valence-corrected chi connectivity index (χ2v) is 4.23. The van der Waals surface area contributed by atoms with Gasteiger partial charge in [-0.05, 0) is 25.1 Å². The smallest absolute Gasteiger partial charge is 0.262 e. The maximum absolute atomic E-state index is 11.3. The first-order valence-electron chi connectivity index (χ1n) is 5.88. The lowest BCUT2D eigenvalue weighted by Crippen LogP contribution is -2.25. The van der Waals surface area contributed by atoms with E-state index in [2.05, 4.69) is 10.3 Å². The van der Waals surface area contributed by atoms with Crippen LogP contribution in [0.2, 0.25) is 0 Å². The zero-order valence-electron chi connectivity index (χ0n) is 10.3. The number of benzene rings is 1. The minimum absolute atomic E-state index is 0.0523. The van der Waals surface area contributed by atoms with Crippen molar-refractivity contribution in [2.45, 2.75) is 6.92 Å². The van der Waals surface area contributed by atoms with Crippen LogP contribution in [0.1, 0.15) is 5.69 Å². The highest BCUT2D eigenvalue weighted by molar-refractivity contribution is 5.95. The molecule has 1 amide bonds. The van der Waals surface area contributed by atoms with Crippen molar-refractivity contribution in [2.75, 3.05) is 11.9 Å². The van der Waals surface area contributed by atoms with Crippen LogP contribution >= 0.6 is 0 Å². The van der Waals surface area contributed by atoms with Crippen LogP contribution in [0.25, 0.3) is 0 Å². The van der Waals surface area contributed by atoms with Crippen LogP contribution in [0.4, 0.5) is 5.69 Å². The number of anilines is 1. The van der Waals surface area contributed by atoms with E-state index in [1.54, 1.807) is 30.5 Å². The van der Waals surface area contributed by atoms with Crippen molar-refractivity contribution in [3.8, 4) is 17.2 Å². The van der Waals surface area contributed by atoms with Gasteiger partial charge in [-0.1, -0.05) is 0 Å². The van der Waals surface area contributed by atoms with Crippen molar-refractivity contribution in [3.05, 3.63) is 42.2 Å². The third-order valence-electron chi connectivity index (χ3n) is 2.69. The Hall–Kier alpha value is -2.56. The Balaban J connectivity index is 1.86. The highest BCUT2D eigenvalue weighted by Crippen LogP contribution is 2.33. The second kappa shape index (κ2) is 4.61. The molecule has 0 aliphatic carbocycles. The predicted octanol–water partition coefficient (Wildman–Crippen LogP) is 2.51. The Morgan fingerprint density at radius 3 is 2.95 bits per heavy atom. The molecule has 0 saturated heterocycles. The summed E-state index contributed by atoms with van der Waals surface area (Å²) >= 11 is 0. The number of pyridine rings is 1. The number of carbonyl (C=O) groups is 1. The summed E-state index contributed by atoms with van der Waals surface area (Å²) in [5.41, 5.74) is 1.51. The van der Waals surface area contributed by atoms with Crippen LogP contribution in [0.15, 0.2) is 36.5 Å². The van der Waals surface area contributed by atoms with E-state index in [9.17, 15) is 4.79 Å². The number of fused-ring (bicyclic) bond motifs is 1. The molecule has 0 saturated carbocycles. The molecule has 19 heavy (non-hydrogen) atoms. The van der Waals surface area contributed by atoms with Gasteiger partial charge in [-0.25, -0.2) is 0 Å². The number of rotatable bonds is 2. The van der Waals surface area contributed by atoms with Crippen molar-refractivity contribution in [2.24, 2.45) is 0 Å². The first-order chi connectivity index (χ1) is 9.20. The highest BCUT2D eigenvalue weighted by Gasteiger charge is 2.16. The van der Waals surface area contributed by atoms with Crippen molar-refractivity contribution < 1.29 is 14.3 Å². The van der Waals surface area contributed by atoms with E-state index in [0.29, 0.717) is 22.9 Å². The number of amides is 1. The number of aromatic nitrogens is 1. The van der Waals surface area contributed by atoms with Crippen molar-refractivity contribution >= 4 is 11.6 Å². The molecule has 1 aromatic heterocycles. The van der Waals surface area contributed by atoms with Gasteiger partial charge in [-0.3, -0.25) is 9.78 Å². The molecule has 0 atom stereocenters. The lowest BCUT2D eigenvalue weighted by molar-refractivity contribution is -0.118. The molecule has 1 aliphatic rings.